The first-order valence-electron chi connectivity index (χ1n) is 7.80. The zero-order chi connectivity index (χ0) is 16.1. The molecule has 1 heterocycles. The molecule has 1 aliphatic rings. The van der Waals surface area contributed by atoms with Crippen molar-refractivity contribution in [3.05, 3.63) is 29.8 Å². The highest BCUT2D eigenvalue weighted by atomic mass is 16.4. The van der Waals surface area contributed by atoms with E-state index < -0.39 is 5.97 Å². The number of nitrogens with zero attached hydrogens (tertiary/aromatic N) is 1. The largest absolute Gasteiger partial charge is 0.481 e. The lowest BCUT2D eigenvalue weighted by Gasteiger charge is -2.29. The van der Waals surface area contributed by atoms with Gasteiger partial charge in [-0.15, -0.1) is 0 Å². The van der Waals surface area contributed by atoms with Crippen molar-refractivity contribution in [2.24, 2.45) is 5.92 Å². The summed E-state index contributed by atoms with van der Waals surface area (Å²) in [5.74, 6) is -0.613. The molecule has 0 unspecified atom stereocenters. The molecule has 1 aromatic carbocycles. The molecule has 1 amide bonds. The van der Waals surface area contributed by atoms with E-state index in [2.05, 4.69) is 25.2 Å². The summed E-state index contributed by atoms with van der Waals surface area (Å²) in [6.45, 7) is 5.88. The van der Waals surface area contributed by atoms with Gasteiger partial charge in [0.1, 0.15) is 0 Å². The fraction of sp³-hybridized carbons (Fsp3) is 0.529. The van der Waals surface area contributed by atoms with E-state index in [9.17, 15) is 9.59 Å². The number of hydrogen-bond donors (Lipinski definition) is 2. The lowest BCUT2D eigenvalue weighted by Crippen LogP contribution is -2.40. The summed E-state index contributed by atoms with van der Waals surface area (Å²) in [7, 11) is 0. The molecule has 5 nitrogen and oxygen atoms in total. The van der Waals surface area contributed by atoms with Crippen LogP contribution in [-0.4, -0.2) is 41.5 Å². The standard InChI is InChI=1S/C17H24N2O3/c1-12(2)14-4-3-5-15(10-14)18-16(20)11-19-8-6-13(7-9-19)17(21)22/h3-5,10,12-13H,6-9,11H2,1-2H3,(H,18,20)(H,21,22). The van der Waals surface area contributed by atoms with Gasteiger partial charge in [-0.2, -0.15) is 0 Å². The average Bonchev–Trinajstić information content (AvgIpc) is 2.47. The van der Waals surface area contributed by atoms with Crippen LogP contribution in [0.2, 0.25) is 0 Å². The second-order valence-electron chi connectivity index (χ2n) is 6.22. The number of aliphatic carboxylic acids is 1. The van der Waals surface area contributed by atoms with Crippen LogP contribution in [0.15, 0.2) is 24.3 Å². The zero-order valence-electron chi connectivity index (χ0n) is 13.2. The van der Waals surface area contributed by atoms with Gasteiger partial charge in [-0.1, -0.05) is 26.0 Å². The third-order valence-corrected chi connectivity index (χ3v) is 4.14. The number of rotatable bonds is 5. The van der Waals surface area contributed by atoms with Crippen molar-refractivity contribution < 1.29 is 14.7 Å². The van der Waals surface area contributed by atoms with Crippen molar-refractivity contribution >= 4 is 17.6 Å². The topological polar surface area (TPSA) is 69.6 Å². The number of piperidine rings is 1. The van der Waals surface area contributed by atoms with Crippen LogP contribution in [0.5, 0.6) is 0 Å². The number of carboxylic acids is 1. The summed E-state index contributed by atoms with van der Waals surface area (Å²) in [6, 6.07) is 7.89. The molecule has 2 rings (SSSR count). The Kier molecular flexibility index (Phi) is 5.55. The predicted octanol–water partition coefficient (Wildman–Crippen LogP) is 2.55. The fourth-order valence-electron chi connectivity index (χ4n) is 2.72. The molecule has 1 saturated heterocycles. The van der Waals surface area contributed by atoms with E-state index in [1.807, 2.05) is 23.1 Å². The van der Waals surface area contributed by atoms with Crippen molar-refractivity contribution in [1.29, 1.82) is 0 Å². The average molecular weight is 304 g/mol. The van der Waals surface area contributed by atoms with Gasteiger partial charge in [0.25, 0.3) is 0 Å². The number of carboxylic acid groups (broad SMARTS) is 1. The predicted molar refractivity (Wildman–Crippen MR) is 86.0 cm³/mol. The molecule has 0 saturated carbocycles. The van der Waals surface area contributed by atoms with Gasteiger partial charge in [-0.25, -0.2) is 0 Å². The molecule has 1 aliphatic heterocycles. The number of carbonyl (C=O) groups is 2. The van der Waals surface area contributed by atoms with Crippen molar-refractivity contribution in [2.45, 2.75) is 32.6 Å². The van der Waals surface area contributed by atoms with Crippen LogP contribution in [-0.2, 0) is 9.59 Å². The van der Waals surface area contributed by atoms with Crippen molar-refractivity contribution in [1.82, 2.24) is 4.90 Å². The van der Waals surface area contributed by atoms with Gasteiger partial charge in [-0.05, 0) is 49.5 Å². The Labute approximate surface area is 131 Å². The van der Waals surface area contributed by atoms with Gasteiger partial charge in [0.15, 0.2) is 0 Å². The first kappa shape index (κ1) is 16.5. The first-order chi connectivity index (χ1) is 10.5. The Hall–Kier alpha value is -1.88. The van der Waals surface area contributed by atoms with Crippen LogP contribution in [0.3, 0.4) is 0 Å². The molecule has 0 atom stereocenters. The van der Waals surface area contributed by atoms with Crippen molar-refractivity contribution in [2.75, 3.05) is 25.0 Å². The smallest absolute Gasteiger partial charge is 0.306 e. The molecule has 1 aromatic rings. The molecule has 0 aliphatic carbocycles. The summed E-state index contributed by atoms with van der Waals surface area (Å²) in [5, 5.41) is 11.9. The Bertz CT molecular complexity index is 534. The van der Waals surface area contributed by atoms with E-state index in [1.165, 1.54) is 5.56 Å². The van der Waals surface area contributed by atoms with Crippen LogP contribution in [0.25, 0.3) is 0 Å². The molecule has 0 bridgehead atoms. The molecule has 0 radical (unpaired) electrons. The van der Waals surface area contributed by atoms with E-state index >= 15 is 0 Å². The van der Waals surface area contributed by atoms with Gasteiger partial charge in [-0.3, -0.25) is 14.5 Å². The summed E-state index contributed by atoms with van der Waals surface area (Å²) in [4.78, 5) is 25.0. The second kappa shape index (κ2) is 7.40. The van der Waals surface area contributed by atoms with E-state index in [4.69, 9.17) is 5.11 Å². The van der Waals surface area contributed by atoms with E-state index in [0.29, 0.717) is 38.4 Å². The van der Waals surface area contributed by atoms with E-state index in [-0.39, 0.29) is 11.8 Å². The monoisotopic (exact) mass is 304 g/mol. The van der Waals surface area contributed by atoms with Gasteiger partial charge in [0.05, 0.1) is 12.5 Å². The van der Waals surface area contributed by atoms with Crippen LogP contribution in [0, 0.1) is 5.92 Å². The quantitative estimate of drug-likeness (QED) is 0.877. The maximum Gasteiger partial charge on any atom is 0.306 e. The molecule has 0 aromatic heterocycles. The first-order valence-corrected chi connectivity index (χ1v) is 7.80. The highest BCUT2D eigenvalue weighted by molar-refractivity contribution is 5.92. The molecular weight excluding hydrogens is 280 g/mol. The number of amides is 1. The van der Waals surface area contributed by atoms with Gasteiger partial charge < -0.3 is 10.4 Å². The van der Waals surface area contributed by atoms with Crippen molar-refractivity contribution in [3.8, 4) is 0 Å². The summed E-state index contributed by atoms with van der Waals surface area (Å²) in [6.07, 6.45) is 1.23. The van der Waals surface area contributed by atoms with Gasteiger partial charge in [0, 0.05) is 5.69 Å². The number of nitrogens with one attached hydrogen (secondary N) is 1. The number of hydrogen-bond acceptors (Lipinski definition) is 3. The minimum atomic E-state index is -0.727. The Morgan fingerprint density at radius 3 is 2.59 bits per heavy atom. The Morgan fingerprint density at radius 1 is 1.32 bits per heavy atom. The highest BCUT2D eigenvalue weighted by Gasteiger charge is 2.25. The summed E-state index contributed by atoms with van der Waals surface area (Å²) in [5.41, 5.74) is 2.01. The molecule has 2 N–H and O–H groups in total. The normalized spacial score (nSPS) is 16.7. The minimum Gasteiger partial charge on any atom is -0.481 e. The van der Waals surface area contributed by atoms with E-state index in [0.717, 1.165) is 5.69 Å². The number of likely N-dealkylation sites (tertiary alicyclic amines) is 1. The number of anilines is 1. The molecule has 5 heteroatoms. The van der Waals surface area contributed by atoms with Gasteiger partial charge in [0.2, 0.25) is 5.91 Å². The van der Waals surface area contributed by atoms with Crippen LogP contribution >= 0.6 is 0 Å². The lowest BCUT2D eigenvalue weighted by atomic mass is 9.97. The highest BCUT2D eigenvalue weighted by Crippen LogP contribution is 2.19. The summed E-state index contributed by atoms with van der Waals surface area (Å²) >= 11 is 0. The number of carbonyl (C=O) groups excluding carboxylic acids is 1. The van der Waals surface area contributed by atoms with Crippen LogP contribution in [0.1, 0.15) is 38.2 Å². The molecule has 0 spiro atoms. The minimum absolute atomic E-state index is 0.0466. The fourth-order valence-corrected chi connectivity index (χ4v) is 2.72. The zero-order valence-corrected chi connectivity index (χ0v) is 13.2. The summed E-state index contributed by atoms with van der Waals surface area (Å²) < 4.78 is 0. The third-order valence-electron chi connectivity index (χ3n) is 4.14. The maximum atomic E-state index is 12.1. The number of benzene rings is 1. The Morgan fingerprint density at radius 2 is 2.00 bits per heavy atom. The van der Waals surface area contributed by atoms with Gasteiger partial charge >= 0.3 is 5.97 Å². The molecule has 1 fully saturated rings. The van der Waals surface area contributed by atoms with Crippen LogP contribution in [0.4, 0.5) is 5.69 Å². The molecule has 120 valence electrons. The molecular formula is C17H24N2O3. The third kappa shape index (κ3) is 4.56. The Balaban J connectivity index is 1.83. The maximum absolute atomic E-state index is 12.1. The van der Waals surface area contributed by atoms with E-state index in [1.54, 1.807) is 0 Å². The van der Waals surface area contributed by atoms with Crippen LogP contribution < -0.4 is 5.32 Å². The second-order valence-corrected chi connectivity index (χ2v) is 6.22. The molecule has 22 heavy (non-hydrogen) atoms. The van der Waals surface area contributed by atoms with Crippen molar-refractivity contribution in [3.63, 3.8) is 0 Å². The lowest BCUT2D eigenvalue weighted by molar-refractivity contribution is -0.143. The SMILES string of the molecule is CC(C)c1cccc(NC(=O)CN2CCC(C(=O)O)CC2)c1.